The van der Waals surface area contributed by atoms with Gasteiger partial charge in [-0.25, -0.2) is 9.97 Å². The van der Waals surface area contributed by atoms with E-state index in [1.54, 1.807) is 43.8 Å². The second-order valence-corrected chi connectivity index (χ2v) is 4.37. The predicted molar refractivity (Wildman–Crippen MR) is 74.9 cm³/mol. The van der Waals surface area contributed by atoms with E-state index in [-0.39, 0.29) is 11.5 Å². The maximum absolute atomic E-state index is 11.4. The van der Waals surface area contributed by atoms with Gasteiger partial charge in [-0.2, -0.15) is 0 Å². The van der Waals surface area contributed by atoms with E-state index in [1.807, 2.05) is 0 Å². The number of anilines is 1. The number of hydrogen-bond donors (Lipinski definition) is 2. The fraction of sp³-hybridized carbons (Fsp3) is 0.0714. The first-order valence-corrected chi connectivity index (χ1v) is 6.01. The van der Waals surface area contributed by atoms with Crippen LogP contribution in [0.15, 0.2) is 46.1 Å². The Kier molecular flexibility index (Phi) is 2.83. The van der Waals surface area contributed by atoms with Gasteiger partial charge in [0.25, 0.3) is 5.56 Å². The molecule has 3 aromatic heterocycles. The third-order valence-corrected chi connectivity index (χ3v) is 2.96. The molecule has 0 saturated heterocycles. The maximum atomic E-state index is 11.4. The first kappa shape index (κ1) is 12.2. The van der Waals surface area contributed by atoms with Gasteiger partial charge in [-0.05, 0) is 25.1 Å². The Morgan fingerprint density at radius 1 is 1.40 bits per heavy atom. The van der Waals surface area contributed by atoms with Crippen molar-refractivity contribution in [2.75, 3.05) is 5.73 Å². The number of hydrogen-bond acceptors (Lipinski definition) is 5. The van der Waals surface area contributed by atoms with E-state index in [9.17, 15) is 4.79 Å². The topological polar surface area (TPSA) is 97.8 Å². The van der Waals surface area contributed by atoms with Crippen LogP contribution in [-0.4, -0.2) is 15.0 Å². The van der Waals surface area contributed by atoms with Gasteiger partial charge in [0.15, 0.2) is 5.76 Å². The van der Waals surface area contributed by atoms with Gasteiger partial charge in [0.2, 0.25) is 5.95 Å². The number of nitrogens with two attached hydrogens (primary N) is 1. The number of nitrogens with one attached hydrogen (secondary N) is 1. The number of aromatic amines is 1. The molecule has 0 saturated carbocycles. The standard InChI is InChI=1S/C14H12N4O2/c1-8-5-9(6-16-13(8)19)10-7-17-14(15)18-12(10)11-3-2-4-20-11/h2-7H,1H3,(H,16,19)(H2,15,17,18). The van der Waals surface area contributed by atoms with Gasteiger partial charge >= 0.3 is 0 Å². The Bertz CT molecular complexity index is 806. The van der Waals surface area contributed by atoms with Crippen molar-refractivity contribution in [1.82, 2.24) is 15.0 Å². The van der Waals surface area contributed by atoms with E-state index in [4.69, 9.17) is 10.2 Å². The molecule has 3 aromatic rings. The third-order valence-electron chi connectivity index (χ3n) is 2.96. The van der Waals surface area contributed by atoms with E-state index in [2.05, 4.69) is 15.0 Å². The minimum Gasteiger partial charge on any atom is -0.463 e. The molecule has 0 aliphatic rings. The summed E-state index contributed by atoms with van der Waals surface area (Å²) in [5.74, 6) is 0.763. The summed E-state index contributed by atoms with van der Waals surface area (Å²) < 4.78 is 5.37. The maximum Gasteiger partial charge on any atom is 0.250 e. The third kappa shape index (κ3) is 2.07. The van der Waals surface area contributed by atoms with Crippen molar-refractivity contribution in [1.29, 1.82) is 0 Å². The highest BCUT2D eigenvalue weighted by Gasteiger charge is 2.13. The molecule has 0 amide bonds. The molecule has 20 heavy (non-hydrogen) atoms. The second-order valence-electron chi connectivity index (χ2n) is 4.37. The van der Waals surface area contributed by atoms with E-state index in [1.165, 1.54) is 0 Å². The first-order chi connectivity index (χ1) is 9.65. The molecule has 3 rings (SSSR count). The van der Waals surface area contributed by atoms with E-state index in [0.29, 0.717) is 17.0 Å². The highest BCUT2D eigenvalue weighted by molar-refractivity contribution is 5.78. The molecule has 100 valence electrons. The van der Waals surface area contributed by atoms with Crippen molar-refractivity contribution in [2.24, 2.45) is 0 Å². The Hall–Kier alpha value is -2.89. The number of aromatic nitrogens is 3. The Morgan fingerprint density at radius 3 is 2.95 bits per heavy atom. The molecule has 0 fully saturated rings. The Morgan fingerprint density at radius 2 is 2.25 bits per heavy atom. The van der Waals surface area contributed by atoms with Gasteiger partial charge in [-0.3, -0.25) is 4.79 Å². The molecule has 0 radical (unpaired) electrons. The van der Waals surface area contributed by atoms with Gasteiger partial charge < -0.3 is 15.1 Å². The van der Waals surface area contributed by atoms with Crippen LogP contribution in [0.1, 0.15) is 5.56 Å². The van der Waals surface area contributed by atoms with Gasteiger partial charge in [-0.1, -0.05) is 0 Å². The minimum atomic E-state index is -0.121. The summed E-state index contributed by atoms with van der Waals surface area (Å²) in [4.78, 5) is 22.4. The first-order valence-electron chi connectivity index (χ1n) is 6.01. The predicted octanol–water partition coefficient (Wildman–Crippen LogP) is 1.98. The molecule has 0 aliphatic carbocycles. The number of H-pyrrole nitrogens is 1. The normalized spacial score (nSPS) is 10.7. The highest BCUT2D eigenvalue weighted by Crippen LogP contribution is 2.30. The number of aryl methyl sites for hydroxylation is 1. The monoisotopic (exact) mass is 268 g/mol. The fourth-order valence-corrected chi connectivity index (χ4v) is 1.96. The van der Waals surface area contributed by atoms with Crippen molar-refractivity contribution in [3.63, 3.8) is 0 Å². The van der Waals surface area contributed by atoms with Crippen LogP contribution >= 0.6 is 0 Å². The summed E-state index contributed by atoms with van der Waals surface area (Å²) in [6, 6.07) is 5.35. The molecule has 3 N–H and O–H groups in total. The zero-order valence-corrected chi connectivity index (χ0v) is 10.8. The van der Waals surface area contributed by atoms with Crippen LogP contribution in [0.3, 0.4) is 0 Å². The average Bonchev–Trinajstić information content (AvgIpc) is 2.96. The van der Waals surface area contributed by atoms with Gasteiger partial charge in [-0.15, -0.1) is 0 Å². The van der Waals surface area contributed by atoms with Crippen molar-refractivity contribution < 1.29 is 4.42 Å². The summed E-state index contributed by atoms with van der Waals surface area (Å²) >= 11 is 0. The molecule has 6 nitrogen and oxygen atoms in total. The molecule has 0 aliphatic heterocycles. The van der Waals surface area contributed by atoms with E-state index >= 15 is 0 Å². The van der Waals surface area contributed by atoms with Crippen LogP contribution in [0, 0.1) is 6.92 Å². The largest absolute Gasteiger partial charge is 0.463 e. The lowest BCUT2D eigenvalue weighted by atomic mass is 10.1. The van der Waals surface area contributed by atoms with Crippen LogP contribution in [0.4, 0.5) is 5.95 Å². The van der Waals surface area contributed by atoms with Gasteiger partial charge in [0, 0.05) is 29.1 Å². The lowest BCUT2D eigenvalue weighted by Crippen LogP contribution is -2.08. The SMILES string of the molecule is Cc1cc(-c2cnc(N)nc2-c2ccco2)c[nH]c1=O. The molecule has 0 atom stereocenters. The quantitative estimate of drug-likeness (QED) is 0.740. The summed E-state index contributed by atoms with van der Waals surface area (Å²) in [7, 11) is 0. The second kappa shape index (κ2) is 4.65. The summed E-state index contributed by atoms with van der Waals surface area (Å²) in [6.07, 6.45) is 4.81. The Balaban J connectivity index is 2.23. The molecule has 0 bridgehead atoms. The van der Waals surface area contributed by atoms with Crippen LogP contribution in [0.5, 0.6) is 0 Å². The van der Waals surface area contributed by atoms with E-state index in [0.717, 1.165) is 11.1 Å². The number of rotatable bonds is 2. The van der Waals surface area contributed by atoms with Crippen LogP contribution in [0.2, 0.25) is 0 Å². The smallest absolute Gasteiger partial charge is 0.250 e. The van der Waals surface area contributed by atoms with Crippen molar-refractivity contribution >= 4 is 5.95 Å². The lowest BCUT2D eigenvalue weighted by Gasteiger charge is -2.07. The molecular formula is C14H12N4O2. The summed E-state index contributed by atoms with van der Waals surface area (Å²) in [6.45, 7) is 1.74. The van der Waals surface area contributed by atoms with E-state index < -0.39 is 0 Å². The zero-order chi connectivity index (χ0) is 14.1. The molecular weight excluding hydrogens is 256 g/mol. The van der Waals surface area contributed by atoms with Crippen LogP contribution < -0.4 is 11.3 Å². The molecule has 0 spiro atoms. The lowest BCUT2D eigenvalue weighted by molar-refractivity contribution is 0.580. The van der Waals surface area contributed by atoms with Crippen LogP contribution in [-0.2, 0) is 0 Å². The zero-order valence-electron chi connectivity index (χ0n) is 10.8. The van der Waals surface area contributed by atoms with Crippen molar-refractivity contribution in [3.05, 3.63) is 52.8 Å². The molecule has 6 heteroatoms. The number of pyridine rings is 1. The molecule has 0 aromatic carbocycles. The van der Waals surface area contributed by atoms with Crippen LogP contribution in [0.25, 0.3) is 22.6 Å². The van der Waals surface area contributed by atoms with Crippen molar-refractivity contribution in [3.8, 4) is 22.6 Å². The Labute approximate surface area is 114 Å². The number of furan rings is 1. The minimum absolute atomic E-state index is 0.121. The highest BCUT2D eigenvalue weighted by atomic mass is 16.3. The van der Waals surface area contributed by atoms with Gasteiger partial charge in [0.05, 0.1) is 6.26 Å². The van der Waals surface area contributed by atoms with Crippen molar-refractivity contribution in [2.45, 2.75) is 6.92 Å². The fourth-order valence-electron chi connectivity index (χ4n) is 1.96. The molecule has 0 unspecified atom stereocenters. The summed E-state index contributed by atoms with van der Waals surface area (Å²) in [5, 5.41) is 0. The number of nitrogens with zero attached hydrogens (tertiary/aromatic N) is 2. The summed E-state index contributed by atoms with van der Waals surface area (Å²) in [5.41, 5.74) is 8.27. The number of nitrogen functional groups attached to an aromatic ring is 1. The van der Waals surface area contributed by atoms with Gasteiger partial charge in [0.1, 0.15) is 5.69 Å². The molecule has 3 heterocycles. The average molecular weight is 268 g/mol.